The van der Waals surface area contributed by atoms with Gasteiger partial charge in [0.05, 0.1) is 6.04 Å². The number of nitrogens with one attached hydrogen (secondary N) is 2. The molecule has 0 saturated heterocycles. The lowest BCUT2D eigenvalue weighted by atomic mass is 10.1. The second-order valence-corrected chi connectivity index (χ2v) is 7.72. The first kappa shape index (κ1) is 25.6. The topological polar surface area (TPSA) is 70.4 Å². The molecule has 1 aromatic heterocycles. The quantitative estimate of drug-likeness (QED) is 0.289. The van der Waals surface area contributed by atoms with Crippen LogP contribution in [0.2, 0.25) is 0 Å². The Morgan fingerprint density at radius 1 is 1.06 bits per heavy atom. The van der Waals surface area contributed by atoms with Gasteiger partial charge in [0, 0.05) is 26.1 Å². The molecule has 0 amide bonds. The first-order valence-corrected chi connectivity index (χ1v) is 11.5. The Balaban J connectivity index is 0.00000341. The molecule has 2 heterocycles. The maximum Gasteiger partial charge on any atom is 0.191 e. The molecular formula is C23H38IN7. The summed E-state index contributed by atoms with van der Waals surface area (Å²) < 4.78 is 2.27. The maximum atomic E-state index is 4.82. The van der Waals surface area contributed by atoms with E-state index in [1.165, 1.54) is 24.8 Å². The number of aliphatic imine (C=N–C) groups is 1. The van der Waals surface area contributed by atoms with Crippen LogP contribution in [0.5, 0.6) is 0 Å². The van der Waals surface area contributed by atoms with Crippen molar-refractivity contribution in [2.24, 2.45) is 4.99 Å². The second-order valence-electron chi connectivity index (χ2n) is 7.72. The van der Waals surface area contributed by atoms with E-state index < -0.39 is 0 Å². The molecule has 1 aliphatic rings. The number of guanidine groups is 1. The van der Waals surface area contributed by atoms with Crippen molar-refractivity contribution in [1.29, 1.82) is 0 Å². The zero-order chi connectivity index (χ0) is 21.2. The second kappa shape index (κ2) is 13.7. The molecule has 31 heavy (non-hydrogen) atoms. The third-order valence-corrected chi connectivity index (χ3v) is 5.81. The summed E-state index contributed by atoms with van der Waals surface area (Å²) >= 11 is 0. The number of likely N-dealkylation sites (N-methyl/N-ethyl adjacent to an activating group) is 1. The van der Waals surface area contributed by atoms with E-state index >= 15 is 0 Å². The van der Waals surface area contributed by atoms with E-state index in [9.17, 15) is 0 Å². The van der Waals surface area contributed by atoms with Crippen LogP contribution in [-0.2, 0) is 19.5 Å². The van der Waals surface area contributed by atoms with Gasteiger partial charge in [0.2, 0.25) is 0 Å². The van der Waals surface area contributed by atoms with Gasteiger partial charge in [-0.3, -0.25) is 4.90 Å². The Kier molecular flexibility index (Phi) is 11.3. The van der Waals surface area contributed by atoms with Gasteiger partial charge in [-0.25, -0.2) is 4.99 Å². The molecule has 7 nitrogen and oxygen atoms in total. The summed E-state index contributed by atoms with van der Waals surface area (Å²) in [5.74, 6) is 2.91. The average molecular weight is 540 g/mol. The Bertz CT molecular complexity index is 786. The first-order valence-electron chi connectivity index (χ1n) is 11.5. The number of aryl methyl sites for hydroxylation is 1. The fourth-order valence-electron chi connectivity index (χ4n) is 4.14. The predicted molar refractivity (Wildman–Crippen MR) is 138 cm³/mol. The van der Waals surface area contributed by atoms with Crippen molar-refractivity contribution in [3.63, 3.8) is 0 Å². The van der Waals surface area contributed by atoms with E-state index in [2.05, 4.69) is 81.4 Å². The summed E-state index contributed by atoms with van der Waals surface area (Å²) in [4.78, 5) is 7.30. The van der Waals surface area contributed by atoms with E-state index in [-0.39, 0.29) is 24.0 Å². The zero-order valence-electron chi connectivity index (χ0n) is 19.2. The van der Waals surface area contributed by atoms with Crippen LogP contribution in [0.25, 0.3) is 0 Å². The van der Waals surface area contributed by atoms with E-state index in [1.54, 1.807) is 0 Å². The highest BCUT2D eigenvalue weighted by atomic mass is 127. The van der Waals surface area contributed by atoms with Gasteiger partial charge >= 0.3 is 0 Å². The average Bonchev–Trinajstić information content (AvgIpc) is 3.01. The lowest BCUT2D eigenvalue weighted by molar-refractivity contribution is 0.219. The van der Waals surface area contributed by atoms with Gasteiger partial charge in [-0.2, -0.15) is 0 Å². The van der Waals surface area contributed by atoms with Crippen LogP contribution in [-0.4, -0.2) is 51.8 Å². The normalized spacial score (nSPS) is 15.0. The number of aromatic nitrogens is 3. The number of hydrogen-bond donors (Lipinski definition) is 2. The fraction of sp³-hybridized carbons (Fsp3) is 0.609. The first-order chi connectivity index (χ1) is 14.8. The van der Waals surface area contributed by atoms with Crippen LogP contribution in [0.1, 0.15) is 63.3 Å². The molecule has 1 aromatic carbocycles. The minimum atomic E-state index is 0. The maximum absolute atomic E-state index is 4.82. The van der Waals surface area contributed by atoms with Crippen molar-refractivity contribution in [3.05, 3.63) is 47.5 Å². The highest BCUT2D eigenvalue weighted by Crippen LogP contribution is 2.19. The van der Waals surface area contributed by atoms with Crippen LogP contribution in [0.4, 0.5) is 0 Å². The fourth-order valence-corrected chi connectivity index (χ4v) is 4.14. The summed E-state index contributed by atoms with van der Waals surface area (Å²) in [6.07, 6.45) is 4.70. The number of fused-ring (bicyclic) bond motifs is 1. The van der Waals surface area contributed by atoms with Crippen molar-refractivity contribution in [2.75, 3.05) is 26.2 Å². The molecule has 3 rings (SSSR count). The van der Waals surface area contributed by atoms with E-state index in [4.69, 9.17) is 4.99 Å². The van der Waals surface area contributed by atoms with Crippen LogP contribution in [0.15, 0.2) is 35.3 Å². The van der Waals surface area contributed by atoms with Gasteiger partial charge in [-0.05, 0) is 38.4 Å². The van der Waals surface area contributed by atoms with Crippen molar-refractivity contribution in [1.82, 2.24) is 30.3 Å². The highest BCUT2D eigenvalue weighted by molar-refractivity contribution is 14.0. The van der Waals surface area contributed by atoms with Crippen LogP contribution in [0.3, 0.4) is 0 Å². The molecule has 172 valence electrons. The predicted octanol–water partition coefficient (Wildman–Crippen LogP) is 3.76. The standard InChI is InChI=1S/C23H37N7.HI/c1-4-24-23(26-18-22-28-27-21-15-11-8-12-16-30(21)22)25-17-20(29(5-2)6-3)19-13-9-7-10-14-19;/h7,9-10,13-14,20H,4-6,8,11-12,15-18H2,1-3H3,(H2,24,25,26);1H. The van der Waals surface area contributed by atoms with Gasteiger partial charge in [-0.15, -0.1) is 34.2 Å². The Morgan fingerprint density at radius 2 is 1.84 bits per heavy atom. The van der Waals surface area contributed by atoms with Crippen molar-refractivity contribution in [3.8, 4) is 0 Å². The molecule has 0 fully saturated rings. The van der Waals surface area contributed by atoms with E-state index in [0.717, 1.165) is 56.8 Å². The Hall–Kier alpha value is -1.68. The lowest BCUT2D eigenvalue weighted by Gasteiger charge is -2.30. The zero-order valence-corrected chi connectivity index (χ0v) is 21.5. The summed E-state index contributed by atoms with van der Waals surface area (Å²) in [5.41, 5.74) is 1.33. The Labute approximate surface area is 204 Å². The SMILES string of the molecule is CCNC(=NCc1nnc2n1CCCCC2)NCC(c1ccccc1)N(CC)CC.I. The molecule has 0 aliphatic carbocycles. The van der Waals surface area contributed by atoms with Crippen molar-refractivity contribution in [2.45, 2.75) is 65.6 Å². The Morgan fingerprint density at radius 3 is 2.55 bits per heavy atom. The summed E-state index contributed by atoms with van der Waals surface area (Å²) in [7, 11) is 0. The third-order valence-electron chi connectivity index (χ3n) is 5.81. The minimum Gasteiger partial charge on any atom is -0.357 e. The van der Waals surface area contributed by atoms with E-state index in [1.807, 2.05) is 0 Å². The number of hydrogen-bond acceptors (Lipinski definition) is 4. The van der Waals surface area contributed by atoms with E-state index in [0.29, 0.717) is 12.6 Å². The number of benzene rings is 1. The molecule has 8 heteroatoms. The molecule has 0 radical (unpaired) electrons. The minimum absolute atomic E-state index is 0. The lowest BCUT2D eigenvalue weighted by Crippen LogP contribution is -2.43. The smallest absolute Gasteiger partial charge is 0.191 e. The molecule has 0 saturated carbocycles. The largest absolute Gasteiger partial charge is 0.357 e. The van der Waals surface area contributed by atoms with Crippen molar-refractivity contribution >= 4 is 29.9 Å². The van der Waals surface area contributed by atoms with Crippen LogP contribution >= 0.6 is 24.0 Å². The van der Waals surface area contributed by atoms with Gasteiger partial charge < -0.3 is 15.2 Å². The van der Waals surface area contributed by atoms with Crippen molar-refractivity contribution < 1.29 is 0 Å². The molecule has 1 aliphatic heterocycles. The summed E-state index contributed by atoms with van der Waals surface area (Å²) in [6.45, 7) is 11.7. The molecule has 0 spiro atoms. The van der Waals surface area contributed by atoms with Gasteiger partial charge in [0.1, 0.15) is 12.4 Å². The molecule has 1 atom stereocenters. The van der Waals surface area contributed by atoms with Crippen LogP contribution < -0.4 is 10.6 Å². The molecule has 2 N–H and O–H groups in total. The number of halogens is 1. The van der Waals surface area contributed by atoms with Gasteiger partial charge in [0.15, 0.2) is 11.8 Å². The molecular weight excluding hydrogens is 501 g/mol. The van der Waals surface area contributed by atoms with Crippen LogP contribution in [0, 0.1) is 0 Å². The van der Waals surface area contributed by atoms with Gasteiger partial charge in [0.25, 0.3) is 0 Å². The monoisotopic (exact) mass is 539 g/mol. The van der Waals surface area contributed by atoms with Gasteiger partial charge in [-0.1, -0.05) is 50.6 Å². The molecule has 1 unspecified atom stereocenters. The third kappa shape index (κ3) is 7.17. The summed E-state index contributed by atoms with van der Waals surface area (Å²) in [6, 6.07) is 11.0. The molecule has 0 bridgehead atoms. The summed E-state index contributed by atoms with van der Waals surface area (Å²) in [5, 5.41) is 15.8. The number of nitrogens with zero attached hydrogens (tertiary/aromatic N) is 5. The highest BCUT2D eigenvalue weighted by Gasteiger charge is 2.18. The molecule has 2 aromatic rings. The number of rotatable bonds is 9.